The van der Waals surface area contributed by atoms with Crippen LogP contribution in [0.1, 0.15) is 6.42 Å². The maximum absolute atomic E-state index is 5.00. The molecule has 1 atom stereocenters. The lowest BCUT2D eigenvalue weighted by Gasteiger charge is -2.07. The summed E-state index contributed by atoms with van der Waals surface area (Å²) in [5, 5.41) is 0.479. The van der Waals surface area contributed by atoms with E-state index in [4.69, 9.17) is 12.2 Å². The molecule has 0 aromatic heterocycles. The molecule has 1 heterocycles. The maximum Gasteiger partial charge on any atom is 0.0788 e. The molecule has 0 unspecified atom stereocenters. The van der Waals surface area contributed by atoms with Crippen LogP contribution in [0.15, 0.2) is 0 Å². The highest BCUT2D eigenvalue weighted by Gasteiger charge is 2.19. The van der Waals surface area contributed by atoms with Crippen molar-refractivity contribution in [3.63, 3.8) is 0 Å². The molecular weight excluding hydrogens is 138 g/mol. The third-order valence-electron chi connectivity index (χ3n) is 1.32. The van der Waals surface area contributed by atoms with Crippen molar-refractivity contribution in [3.05, 3.63) is 0 Å². The van der Waals surface area contributed by atoms with E-state index in [1.54, 1.807) is 0 Å². The first kappa shape index (κ1) is 6.36. The molecule has 0 saturated carbocycles. The Morgan fingerprint density at radius 2 is 2.50 bits per heavy atom. The van der Waals surface area contributed by atoms with Crippen LogP contribution >= 0.6 is 24.8 Å². The van der Waals surface area contributed by atoms with Crippen LogP contribution in [0.4, 0.5) is 0 Å². The molecule has 0 spiro atoms. The highest BCUT2D eigenvalue weighted by molar-refractivity contribution is 7.82. The van der Waals surface area contributed by atoms with Crippen molar-refractivity contribution in [2.45, 2.75) is 11.7 Å². The molecule has 1 aliphatic rings. The number of nitrogens with zero attached hydrogens (tertiary/aromatic N) is 1. The van der Waals surface area contributed by atoms with Crippen molar-refractivity contribution in [1.82, 2.24) is 4.90 Å². The highest BCUT2D eigenvalue weighted by atomic mass is 32.1. The third kappa shape index (κ3) is 1.14. The van der Waals surface area contributed by atoms with Gasteiger partial charge in [0.2, 0.25) is 0 Å². The summed E-state index contributed by atoms with van der Waals surface area (Å²) in [6.45, 7) is 1.02. The van der Waals surface area contributed by atoms with Crippen molar-refractivity contribution >= 4 is 29.8 Å². The summed E-state index contributed by atoms with van der Waals surface area (Å²) in [7, 11) is 2.01. The Bertz CT molecular complexity index is 113. The second-order valence-electron chi connectivity index (χ2n) is 2.13. The summed E-state index contributed by atoms with van der Waals surface area (Å²) in [4.78, 5) is 3.12. The molecule has 1 saturated heterocycles. The molecule has 3 heteroatoms. The van der Waals surface area contributed by atoms with E-state index in [1.165, 1.54) is 0 Å². The van der Waals surface area contributed by atoms with Crippen molar-refractivity contribution < 1.29 is 0 Å². The fourth-order valence-corrected chi connectivity index (χ4v) is 1.66. The SMILES string of the molecule is CN1C[C@@H](S)CC1=S. The van der Waals surface area contributed by atoms with E-state index in [-0.39, 0.29) is 0 Å². The fraction of sp³-hybridized carbons (Fsp3) is 0.800. The summed E-state index contributed by atoms with van der Waals surface area (Å²) in [5.74, 6) is 0. The number of hydrogen-bond acceptors (Lipinski definition) is 2. The quantitative estimate of drug-likeness (QED) is 0.401. The molecule has 1 nitrogen and oxygen atoms in total. The topological polar surface area (TPSA) is 3.24 Å². The van der Waals surface area contributed by atoms with Crippen LogP contribution in [0.2, 0.25) is 0 Å². The zero-order valence-electron chi connectivity index (χ0n) is 4.79. The lowest BCUT2D eigenvalue weighted by Crippen LogP contribution is -2.17. The number of rotatable bonds is 0. The molecule has 46 valence electrons. The summed E-state index contributed by atoms with van der Waals surface area (Å²) in [6.07, 6.45) is 0.981. The van der Waals surface area contributed by atoms with Crippen LogP contribution in [0, 0.1) is 0 Å². The Labute approximate surface area is 60.5 Å². The van der Waals surface area contributed by atoms with Gasteiger partial charge in [-0.15, -0.1) is 0 Å². The first-order valence-electron chi connectivity index (χ1n) is 2.62. The van der Waals surface area contributed by atoms with Gasteiger partial charge in [-0.05, 0) is 0 Å². The number of thiol groups is 1. The molecule has 0 radical (unpaired) electrons. The lowest BCUT2D eigenvalue weighted by molar-refractivity contribution is 0.562. The predicted molar refractivity (Wildman–Crippen MR) is 42.6 cm³/mol. The van der Waals surface area contributed by atoms with Gasteiger partial charge in [0.1, 0.15) is 0 Å². The van der Waals surface area contributed by atoms with Gasteiger partial charge >= 0.3 is 0 Å². The Kier molecular flexibility index (Phi) is 1.77. The molecular formula is C5H9NS2. The molecule has 0 aliphatic carbocycles. The molecule has 1 aliphatic heterocycles. The van der Waals surface area contributed by atoms with E-state index in [1.807, 2.05) is 7.05 Å². The van der Waals surface area contributed by atoms with Gasteiger partial charge in [0.25, 0.3) is 0 Å². The van der Waals surface area contributed by atoms with Gasteiger partial charge in [-0.2, -0.15) is 12.6 Å². The molecule has 0 aromatic rings. The number of thiocarbonyl (C=S) groups is 1. The fourth-order valence-electron chi connectivity index (χ4n) is 0.840. The zero-order chi connectivity index (χ0) is 6.15. The summed E-state index contributed by atoms with van der Waals surface area (Å²) in [6, 6.07) is 0. The maximum atomic E-state index is 5.00. The second kappa shape index (κ2) is 2.23. The third-order valence-corrected chi connectivity index (χ3v) is 2.14. The lowest BCUT2D eigenvalue weighted by atomic mass is 10.4. The molecule has 0 N–H and O–H groups in total. The van der Waals surface area contributed by atoms with Crippen molar-refractivity contribution in [2.75, 3.05) is 13.6 Å². The summed E-state index contributed by atoms with van der Waals surface area (Å²) < 4.78 is 0. The first-order valence-corrected chi connectivity index (χ1v) is 3.54. The van der Waals surface area contributed by atoms with Gasteiger partial charge in [-0.1, -0.05) is 12.2 Å². The van der Waals surface area contributed by atoms with E-state index >= 15 is 0 Å². The summed E-state index contributed by atoms with van der Waals surface area (Å²) >= 11 is 9.28. The number of hydrogen-bond donors (Lipinski definition) is 1. The zero-order valence-corrected chi connectivity index (χ0v) is 6.51. The van der Waals surface area contributed by atoms with E-state index in [9.17, 15) is 0 Å². The molecule has 1 fully saturated rings. The van der Waals surface area contributed by atoms with Crippen LogP contribution in [0.25, 0.3) is 0 Å². The van der Waals surface area contributed by atoms with Crippen molar-refractivity contribution in [1.29, 1.82) is 0 Å². The van der Waals surface area contributed by atoms with Crippen LogP contribution in [0.3, 0.4) is 0 Å². The van der Waals surface area contributed by atoms with Gasteiger partial charge < -0.3 is 4.90 Å². The van der Waals surface area contributed by atoms with Crippen LogP contribution in [0.5, 0.6) is 0 Å². The molecule has 8 heavy (non-hydrogen) atoms. The van der Waals surface area contributed by atoms with Gasteiger partial charge in [-0.3, -0.25) is 0 Å². The Morgan fingerprint density at radius 1 is 1.88 bits per heavy atom. The van der Waals surface area contributed by atoms with E-state index in [2.05, 4.69) is 17.5 Å². The average molecular weight is 147 g/mol. The first-order chi connectivity index (χ1) is 3.70. The van der Waals surface area contributed by atoms with Crippen LogP contribution < -0.4 is 0 Å². The standard InChI is InChI=1S/C5H9NS2/c1-6-3-4(7)2-5(6)8/h4,7H,2-3H2,1H3/t4-/m0/s1. The Morgan fingerprint density at radius 3 is 2.62 bits per heavy atom. The van der Waals surface area contributed by atoms with Gasteiger partial charge in [0, 0.05) is 25.3 Å². The Balaban J connectivity index is 2.51. The highest BCUT2D eigenvalue weighted by Crippen LogP contribution is 2.14. The second-order valence-corrected chi connectivity index (χ2v) is 3.33. The number of likely N-dealkylation sites (tertiary alicyclic amines) is 1. The van der Waals surface area contributed by atoms with Crippen molar-refractivity contribution in [3.8, 4) is 0 Å². The van der Waals surface area contributed by atoms with Crippen molar-refractivity contribution in [2.24, 2.45) is 0 Å². The minimum atomic E-state index is 0.479. The molecule has 0 aromatic carbocycles. The van der Waals surface area contributed by atoms with Gasteiger partial charge in [0.15, 0.2) is 0 Å². The summed E-state index contributed by atoms with van der Waals surface area (Å²) in [5.41, 5.74) is 0. The van der Waals surface area contributed by atoms with Gasteiger partial charge in [-0.25, -0.2) is 0 Å². The van der Waals surface area contributed by atoms with E-state index < -0.39 is 0 Å². The largest absolute Gasteiger partial charge is 0.368 e. The molecule has 0 amide bonds. The molecule has 1 rings (SSSR count). The smallest absolute Gasteiger partial charge is 0.0788 e. The Hall–Kier alpha value is 0.240. The van der Waals surface area contributed by atoms with Crippen LogP contribution in [-0.2, 0) is 0 Å². The van der Waals surface area contributed by atoms with E-state index in [0.717, 1.165) is 18.0 Å². The minimum absolute atomic E-state index is 0.479. The van der Waals surface area contributed by atoms with Crippen LogP contribution in [-0.4, -0.2) is 28.7 Å². The molecule has 0 bridgehead atoms. The monoisotopic (exact) mass is 147 g/mol. The van der Waals surface area contributed by atoms with E-state index in [0.29, 0.717) is 5.25 Å². The van der Waals surface area contributed by atoms with Gasteiger partial charge in [0.05, 0.1) is 4.99 Å². The predicted octanol–water partition coefficient (Wildman–Crippen LogP) is 0.948. The minimum Gasteiger partial charge on any atom is -0.368 e. The average Bonchev–Trinajstić information content (AvgIpc) is 1.85. The normalized spacial score (nSPS) is 29.5.